The number of halogens is 3. The summed E-state index contributed by atoms with van der Waals surface area (Å²) in [6.07, 6.45) is 4.52. The minimum Gasteiger partial charge on any atom is -0.341 e. The van der Waals surface area contributed by atoms with E-state index in [0.717, 1.165) is 0 Å². The van der Waals surface area contributed by atoms with Crippen molar-refractivity contribution in [1.82, 2.24) is 34.1 Å². The SMILES string of the molecule is CC(c1nn2ccc(Cl)c2c(=O)n1-c1ccccc1)N(C[C@@H](F)I)c1ncnc2nc[nH]c12. The summed E-state index contributed by atoms with van der Waals surface area (Å²) in [6.45, 7) is 1.85. The summed E-state index contributed by atoms with van der Waals surface area (Å²) in [7, 11) is 0. The van der Waals surface area contributed by atoms with Gasteiger partial charge in [0, 0.05) is 6.20 Å². The number of alkyl halides is 2. The molecule has 0 saturated heterocycles. The van der Waals surface area contributed by atoms with Gasteiger partial charge in [-0.05, 0) is 47.7 Å². The van der Waals surface area contributed by atoms with Gasteiger partial charge in [-0.1, -0.05) is 29.8 Å². The molecule has 0 fully saturated rings. The van der Waals surface area contributed by atoms with Crippen LogP contribution < -0.4 is 10.5 Å². The standard InChI is InChI=1S/C21H17ClFIN8O/c1-12(30(9-15(23)24)20-16-18(26-10-25-16)27-11-28-20)19-29-31-8-7-14(22)17(31)21(33)32(19)13-5-3-2-4-6-13/h2-8,10-12,15H,9H2,1H3,(H,25,26,27,28)/t12?,15-/m0/s1. The van der Waals surface area contributed by atoms with Crippen molar-refractivity contribution in [2.24, 2.45) is 0 Å². The number of imidazole rings is 1. The molecule has 2 atom stereocenters. The summed E-state index contributed by atoms with van der Waals surface area (Å²) in [6, 6.07) is 10.2. The second kappa shape index (κ2) is 8.71. The Balaban J connectivity index is 1.76. The fourth-order valence-electron chi connectivity index (χ4n) is 3.83. The molecule has 168 valence electrons. The summed E-state index contributed by atoms with van der Waals surface area (Å²) in [5.74, 6) is 0.859. The second-order valence-corrected chi connectivity index (χ2v) is 9.07. The van der Waals surface area contributed by atoms with Crippen molar-refractivity contribution >= 4 is 56.7 Å². The number of benzene rings is 1. The van der Waals surface area contributed by atoms with E-state index in [-0.39, 0.29) is 17.6 Å². The molecule has 5 rings (SSSR count). The third-order valence-electron chi connectivity index (χ3n) is 5.33. The Morgan fingerprint density at radius 2 is 2.00 bits per heavy atom. The predicted octanol–water partition coefficient (Wildman–Crippen LogP) is 4.10. The molecule has 12 heteroatoms. The Kier molecular flexibility index (Phi) is 5.74. The maximum atomic E-state index is 14.4. The summed E-state index contributed by atoms with van der Waals surface area (Å²) < 4.78 is 16.1. The van der Waals surface area contributed by atoms with E-state index in [0.29, 0.717) is 33.5 Å². The van der Waals surface area contributed by atoms with Crippen LogP contribution in [-0.2, 0) is 0 Å². The lowest BCUT2D eigenvalue weighted by atomic mass is 10.2. The average molecular weight is 579 g/mol. The zero-order valence-corrected chi connectivity index (χ0v) is 20.1. The van der Waals surface area contributed by atoms with Crippen molar-refractivity contribution in [3.05, 3.63) is 76.5 Å². The van der Waals surface area contributed by atoms with Crippen LogP contribution in [0.15, 0.2) is 60.0 Å². The highest BCUT2D eigenvalue weighted by atomic mass is 127. The van der Waals surface area contributed by atoms with Crippen LogP contribution in [0.3, 0.4) is 0 Å². The van der Waals surface area contributed by atoms with Gasteiger partial charge in [0.05, 0.1) is 29.6 Å². The molecule has 0 aliphatic heterocycles. The first-order valence-electron chi connectivity index (χ1n) is 9.99. The van der Waals surface area contributed by atoms with Gasteiger partial charge in [-0.25, -0.2) is 23.9 Å². The minimum absolute atomic E-state index is 0.00198. The summed E-state index contributed by atoms with van der Waals surface area (Å²) in [4.78, 5) is 31.1. The summed E-state index contributed by atoms with van der Waals surface area (Å²) in [5, 5.41) is 5.02. The van der Waals surface area contributed by atoms with Crippen molar-refractivity contribution in [3.63, 3.8) is 0 Å². The molecule has 0 saturated carbocycles. The van der Waals surface area contributed by atoms with Gasteiger partial charge >= 0.3 is 0 Å². The van der Waals surface area contributed by atoms with Gasteiger partial charge in [0.1, 0.15) is 17.4 Å². The monoisotopic (exact) mass is 578 g/mol. The van der Waals surface area contributed by atoms with E-state index in [1.807, 2.05) is 37.3 Å². The lowest BCUT2D eigenvalue weighted by Crippen LogP contribution is -2.37. The van der Waals surface area contributed by atoms with Crippen LogP contribution in [0.2, 0.25) is 5.02 Å². The Morgan fingerprint density at radius 1 is 1.21 bits per heavy atom. The molecule has 5 aromatic rings. The number of anilines is 1. The van der Waals surface area contributed by atoms with E-state index in [1.54, 1.807) is 39.8 Å². The number of para-hydroxylation sites is 1. The van der Waals surface area contributed by atoms with E-state index in [1.165, 1.54) is 21.7 Å². The van der Waals surface area contributed by atoms with Gasteiger partial charge in [-0.3, -0.25) is 9.36 Å². The average Bonchev–Trinajstić information content (AvgIpc) is 3.44. The maximum absolute atomic E-state index is 14.4. The van der Waals surface area contributed by atoms with Crippen molar-refractivity contribution in [2.75, 3.05) is 11.4 Å². The predicted molar refractivity (Wildman–Crippen MR) is 132 cm³/mol. The summed E-state index contributed by atoms with van der Waals surface area (Å²) >= 11 is 8.00. The normalized spacial score (nSPS) is 13.5. The topological polar surface area (TPSA) is 97.0 Å². The van der Waals surface area contributed by atoms with Gasteiger partial charge in [0.2, 0.25) is 0 Å². The highest BCUT2D eigenvalue weighted by molar-refractivity contribution is 14.1. The van der Waals surface area contributed by atoms with Gasteiger partial charge in [-0.2, -0.15) is 5.10 Å². The van der Waals surface area contributed by atoms with Gasteiger partial charge < -0.3 is 9.88 Å². The van der Waals surface area contributed by atoms with Crippen molar-refractivity contribution < 1.29 is 4.39 Å². The Bertz CT molecular complexity index is 1500. The number of rotatable bonds is 6. The number of hydrogen-bond acceptors (Lipinski definition) is 6. The minimum atomic E-state index is -1.21. The van der Waals surface area contributed by atoms with Crippen LogP contribution in [0, 0.1) is 0 Å². The van der Waals surface area contributed by atoms with Gasteiger partial charge in [-0.15, -0.1) is 0 Å². The van der Waals surface area contributed by atoms with E-state index < -0.39 is 10.2 Å². The molecule has 9 nitrogen and oxygen atoms in total. The third-order valence-corrected chi connectivity index (χ3v) is 6.03. The number of nitrogens with zero attached hydrogens (tertiary/aromatic N) is 7. The van der Waals surface area contributed by atoms with Crippen LogP contribution >= 0.6 is 34.2 Å². The second-order valence-electron chi connectivity index (χ2n) is 7.31. The highest BCUT2D eigenvalue weighted by Crippen LogP contribution is 2.30. The fourth-order valence-corrected chi connectivity index (χ4v) is 4.48. The molecule has 1 aromatic carbocycles. The first-order chi connectivity index (χ1) is 16.0. The van der Waals surface area contributed by atoms with Crippen LogP contribution in [0.1, 0.15) is 18.8 Å². The van der Waals surface area contributed by atoms with Crippen LogP contribution in [0.4, 0.5) is 10.2 Å². The molecule has 0 amide bonds. The number of aromatic nitrogens is 7. The van der Waals surface area contributed by atoms with Crippen molar-refractivity contribution in [2.45, 2.75) is 17.1 Å². The van der Waals surface area contributed by atoms with Crippen molar-refractivity contribution in [1.29, 1.82) is 0 Å². The lowest BCUT2D eigenvalue weighted by molar-refractivity contribution is 0.447. The Labute approximate surface area is 205 Å². The van der Waals surface area contributed by atoms with E-state index >= 15 is 0 Å². The van der Waals surface area contributed by atoms with Crippen molar-refractivity contribution in [3.8, 4) is 5.69 Å². The number of aromatic amines is 1. The zero-order chi connectivity index (χ0) is 23.1. The lowest BCUT2D eigenvalue weighted by Gasteiger charge is -2.31. The smallest absolute Gasteiger partial charge is 0.284 e. The largest absolute Gasteiger partial charge is 0.341 e. The number of nitrogens with one attached hydrogen (secondary N) is 1. The third kappa shape index (κ3) is 3.84. The molecule has 0 aliphatic rings. The van der Waals surface area contributed by atoms with E-state index in [2.05, 4.69) is 19.9 Å². The molecule has 0 bridgehead atoms. The quantitative estimate of drug-likeness (QED) is 0.241. The number of hydrogen-bond donors (Lipinski definition) is 1. The molecule has 0 radical (unpaired) electrons. The van der Waals surface area contributed by atoms with Crippen LogP contribution in [0.25, 0.3) is 22.4 Å². The van der Waals surface area contributed by atoms with Gasteiger partial charge in [0.25, 0.3) is 5.56 Å². The van der Waals surface area contributed by atoms with E-state index in [4.69, 9.17) is 16.7 Å². The molecule has 1 unspecified atom stereocenters. The van der Waals surface area contributed by atoms with Gasteiger partial charge in [0.15, 0.2) is 21.5 Å². The zero-order valence-electron chi connectivity index (χ0n) is 17.2. The molecule has 1 N–H and O–H groups in total. The molecule has 4 aromatic heterocycles. The van der Waals surface area contributed by atoms with E-state index in [9.17, 15) is 9.18 Å². The molecular weight excluding hydrogens is 562 g/mol. The first-order valence-corrected chi connectivity index (χ1v) is 11.6. The number of fused-ring (bicyclic) bond motifs is 2. The highest BCUT2D eigenvalue weighted by Gasteiger charge is 2.28. The molecular formula is C21H17ClFIN8O. The molecule has 0 aliphatic carbocycles. The van der Waals surface area contributed by atoms with Crippen LogP contribution in [0.5, 0.6) is 0 Å². The Hall–Kier alpha value is -3.06. The molecule has 0 spiro atoms. The van der Waals surface area contributed by atoms with Crippen LogP contribution in [-0.4, -0.2) is 44.8 Å². The Morgan fingerprint density at radius 3 is 2.76 bits per heavy atom. The summed E-state index contributed by atoms with van der Waals surface area (Å²) in [5.41, 5.74) is 1.59. The number of H-pyrrole nitrogens is 1. The maximum Gasteiger partial charge on any atom is 0.284 e. The molecule has 33 heavy (non-hydrogen) atoms. The first kappa shape index (κ1) is 21.8. The fraction of sp³-hybridized carbons (Fsp3) is 0.190. The molecule has 4 heterocycles.